The van der Waals surface area contributed by atoms with Gasteiger partial charge < -0.3 is 8.97 Å². The Kier molecular flexibility index (Phi) is 4.75. The van der Waals surface area contributed by atoms with Crippen LogP contribution >= 0.6 is 0 Å². The van der Waals surface area contributed by atoms with Crippen molar-refractivity contribution in [3.8, 4) is 27.9 Å². The second-order valence-electron chi connectivity index (χ2n) is 11.7. The summed E-state index contributed by atoms with van der Waals surface area (Å²) in [7, 11) is 0. The first-order valence-electron chi connectivity index (χ1n) is 15.2. The average molecular weight is 559 g/mol. The third-order valence-corrected chi connectivity index (χ3v) is 9.45. The van der Waals surface area contributed by atoms with Crippen LogP contribution in [-0.2, 0) is 0 Å². The summed E-state index contributed by atoms with van der Waals surface area (Å²) in [5.41, 5.74) is 12.3. The topological polar surface area (TPSA) is 9.34 Å². The zero-order valence-corrected chi connectivity index (χ0v) is 23.9. The molecule has 0 unspecified atom stereocenters. The molecule has 0 fully saturated rings. The monoisotopic (exact) mass is 558 g/mol. The normalized spacial score (nSPS) is 12.1. The number of nitrogens with zero attached hydrogens (tertiary/aromatic N) is 2. The minimum absolute atomic E-state index is 1.17. The molecular formula is C42H26N2. The maximum absolute atomic E-state index is 2.50. The highest BCUT2D eigenvalue weighted by atomic mass is 15.0. The molecule has 0 aliphatic rings. The third-order valence-electron chi connectivity index (χ3n) is 9.45. The molecule has 10 aromatic rings. The van der Waals surface area contributed by atoms with Gasteiger partial charge in [-0.1, -0.05) is 121 Å². The quantitative estimate of drug-likeness (QED) is 0.204. The predicted octanol–water partition coefficient (Wildman–Crippen LogP) is 11.3. The van der Waals surface area contributed by atoms with Gasteiger partial charge in [-0.05, 0) is 64.0 Å². The van der Waals surface area contributed by atoms with Crippen molar-refractivity contribution in [2.24, 2.45) is 0 Å². The Morgan fingerprint density at radius 2 is 0.909 bits per heavy atom. The van der Waals surface area contributed by atoms with Crippen LogP contribution < -0.4 is 0 Å². The van der Waals surface area contributed by atoms with Gasteiger partial charge in [-0.15, -0.1) is 0 Å². The highest BCUT2D eigenvalue weighted by Crippen LogP contribution is 2.45. The predicted molar refractivity (Wildman–Crippen MR) is 186 cm³/mol. The molecular weight excluding hydrogens is 532 g/mol. The van der Waals surface area contributed by atoms with Crippen LogP contribution in [-0.4, -0.2) is 8.97 Å². The van der Waals surface area contributed by atoms with E-state index in [0.717, 1.165) is 0 Å². The number of aromatic nitrogens is 2. The summed E-state index contributed by atoms with van der Waals surface area (Å²) in [5.74, 6) is 0. The molecule has 7 aromatic carbocycles. The minimum Gasteiger partial charge on any atom is -0.309 e. The fourth-order valence-corrected chi connectivity index (χ4v) is 7.66. The van der Waals surface area contributed by atoms with Crippen molar-refractivity contribution in [3.63, 3.8) is 0 Å². The highest BCUT2D eigenvalue weighted by Gasteiger charge is 2.23. The minimum atomic E-state index is 1.17. The van der Waals surface area contributed by atoms with E-state index in [9.17, 15) is 0 Å². The molecule has 0 aliphatic carbocycles. The van der Waals surface area contributed by atoms with E-state index < -0.39 is 0 Å². The van der Waals surface area contributed by atoms with Crippen molar-refractivity contribution in [1.82, 2.24) is 8.97 Å². The molecule has 0 atom stereocenters. The SMILES string of the molecule is c1ccc(-c2ccccc2-c2cccc(-n3c4cccc5c6ccccc6n6c7ccccc7c7ccc3c(c54)c76)c2)cc1. The lowest BCUT2D eigenvalue weighted by molar-refractivity contribution is 1.18. The van der Waals surface area contributed by atoms with Gasteiger partial charge in [0.1, 0.15) is 0 Å². The van der Waals surface area contributed by atoms with Gasteiger partial charge in [-0.25, -0.2) is 0 Å². The number of benzene rings is 7. The molecule has 204 valence electrons. The molecule has 0 N–H and O–H groups in total. The molecule has 0 saturated heterocycles. The molecule has 0 bridgehead atoms. The zero-order valence-electron chi connectivity index (χ0n) is 23.9. The lowest BCUT2D eigenvalue weighted by Gasteiger charge is -2.13. The van der Waals surface area contributed by atoms with Crippen LogP contribution in [0.1, 0.15) is 0 Å². The van der Waals surface area contributed by atoms with Crippen molar-refractivity contribution in [2.75, 3.05) is 0 Å². The van der Waals surface area contributed by atoms with E-state index in [0.29, 0.717) is 0 Å². The third kappa shape index (κ3) is 3.09. The van der Waals surface area contributed by atoms with Gasteiger partial charge in [0.05, 0.1) is 27.6 Å². The molecule has 0 amide bonds. The number of fused-ring (bicyclic) bond motifs is 6. The Bertz CT molecular complexity index is 2710. The number of rotatable bonds is 3. The molecule has 2 heteroatoms. The Balaban J connectivity index is 1.35. The molecule has 3 aromatic heterocycles. The van der Waals surface area contributed by atoms with Crippen LogP contribution in [0.3, 0.4) is 0 Å². The van der Waals surface area contributed by atoms with Gasteiger partial charge in [0, 0.05) is 32.6 Å². The van der Waals surface area contributed by atoms with E-state index in [1.165, 1.54) is 87.8 Å². The van der Waals surface area contributed by atoms with Gasteiger partial charge in [0.25, 0.3) is 0 Å². The van der Waals surface area contributed by atoms with Crippen molar-refractivity contribution in [3.05, 3.63) is 158 Å². The Morgan fingerprint density at radius 1 is 0.341 bits per heavy atom. The maximum atomic E-state index is 2.50. The van der Waals surface area contributed by atoms with Crippen LogP contribution in [0, 0.1) is 0 Å². The molecule has 0 radical (unpaired) electrons. The summed E-state index contributed by atoms with van der Waals surface area (Å²) in [6.07, 6.45) is 0. The summed E-state index contributed by atoms with van der Waals surface area (Å²) >= 11 is 0. The second-order valence-corrected chi connectivity index (χ2v) is 11.7. The first-order valence-corrected chi connectivity index (χ1v) is 15.2. The van der Waals surface area contributed by atoms with Gasteiger partial charge in [-0.3, -0.25) is 0 Å². The van der Waals surface area contributed by atoms with E-state index in [4.69, 9.17) is 0 Å². The van der Waals surface area contributed by atoms with Gasteiger partial charge in [0.2, 0.25) is 0 Å². The van der Waals surface area contributed by atoms with E-state index >= 15 is 0 Å². The first kappa shape index (κ1) is 23.7. The Morgan fingerprint density at radius 3 is 1.70 bits per heavy atom. The summed E-state index contributed by atoms with van der Waals surface area (Å²) in [6.45, 7) is 0. The smallest absolute Gasteiger partial charge is 0.0641 e. The van der Waals surface area contributed by atoms with Crippen molar-refractivity contribution >= 4 is 59.9 Å². The fraction of sp³-hybridized carbons (Fsp3) is 0. The van der Waals surface area contributed by atoms with Crippen LogP contribution in [0.5, 0.6) is 0 Å². The Hall–Kier alpha value is -5.86. The maximum Gasteiger partial charge on any atom is 0.0641 e. The van der Waals surface area contributed by atoms with Crippen LogP contribution in [0.4, 0.5) is 0 Å². The summed E-state index contributed by atoms with van der Waals surface area (Å²) in [5, 5.41) is 7.77. The van der Waals surface area contributed by atoms with Gasteiger partial charge >= 0.3 is 0 Å². The van der Waals surface area contributed by atoms with Crippen molar-refractivity contribution in [2.45, 2.75) is 0 Å². The van der Waals surface area contributed by atoms with Crippen molar-refractivity contribution < 1.29 is 0 Å². The summed E-state index contributed by atoms with van der Waals surface area (Å²) < 4.78 is 4.97. The van der Waals surface area contributed by atoms with Gasteiger partial charge in [0.15, 0.2) is 0 Å². The fourth-order valence-electron chi connectivity index (χ4n) is 7.66. The lowest BCUT2D eigenvalue weighted by Crippen LogP contribution is -1.95. The Labute approximate surface area is 254 Å². The van der Waals surface area contributed by atoms with Crippen LogP contribution in [0.15, 0.2) is 158 Å². The standard InChI is InChI=1S/C42H26N2/c1-2-12-27(13-3-1)30-16-4-5-17-31(30)28-14-10-15-29(26-28)43-38-23-11-20-34-32-18-6-8-21-36(32)44-37-22-9-7-19-33(37)35-24-25-39(43)41(40(34)38)42(35)44/h1-26H. The van der Waals surface area contributed by atoms with E-state index in [2.05, 4.69) is 167 Å². The lowest BCUT2D eigenvalue weighted by atomic mass is 9.94. The van der Waals surface area contributed by atoms with Crippen molar-refractivity contribution in [1.29, 1.82) is 0 Å². The molecule has 0 saturated carbocycles. The first-order chi connectivity index (χ1) is 21.9. The number of para-hydroxylation sites is 2. The van der Waals surface area contributed by atoms with Gasteiger partial charge in [-0.2, -0.15) is 0 Å². The summed E-state index contributed by atoms with van der Waals surface area (Å²) in [6, 6.07) is 57.6. The number of hydrogen-bond donors (Lipinski definition) is 0. The van der Waals surface area contributed by atoms with Crippen LogP contribution in [0.25, 0.3) is 87.8 Å². The largest absolute Gasteiger partial charge is 0.309 e. The summed E-state index contributed by atoms with van der Waals surface area (Å²) in [4.78, 5) is 0. The molecule has 0 aliphatic heterocycles. The zero-order chi connectivity index (χ0) is 28.8. The highest BCUT2D eigenvalue weighted by molar-refractivity contribution is 6.33. The average Bonchev–Trinajstić information content (AvgIpc) is 3.57. The molecule has 3 heterocycles. The molecule has 2 nitrogen and oxygen atoms in total. The van der Waals surface area contributed by atoms with E-state index in [-0.39, 0.29) is 0 Å². The van der Waals surface area contributed by atoms with Crippen LogP contribution in [0.2, 0.25) is 0 Å². The molecule has 10 rings (SSSR count). The molecule has 44 heavy (non-hydrogen) atoms. The van der Waals surface area contributed by atoms with E-state index in [1.54, 1.807) is 0 Å². The second kappa shape index (κ2) is 8.82. The molecule has 0 spiro atoms. The number of hydrogen-bond acceptors (Lipinski definition) is 0. The van der Waals surface area contributed by atoms with E-state index in [1.807, 2.05) is 0 Å².